The van der Waals surface area contributed by atoms with Crippen LogP contribution in [0.1, 0.15) is 165 Å². The lowest BCUT2D eigenvalue weighted by atomic mass is 10.1. The molecule has 0 aliphatic rings. The summed E-state index contributed by atoms with van der Waals surface area (Å²) in [5.74, 6) is 2.14. The van der Waals surface area contributed by atoms with E-state index in [9.17, 15) is 9.59 Å². The highest BCUT2D eigenvalue weighted by Crippen LogP contribution is 2.43. The molecule has 0 amide bonds. The van der Waals surface area contributed by atoms with Gasteiger partial charge in [0, 0.05) is 23.3 Å². The minimum Gasteiger partial charge on any atom is -0.502 e. The van der Waals surface area contributed by atoms with Crippen molar-refractivity contribution in [2.24, 2.45) is 0 Å². The Morgan fingerprint density at radius 2 is 0.553 bits per heavy atom. The highest BCUT2D eigenvalue weighted by molar-refractivity contribution is 5.90. The molecular formula is C75H108O19. The first kappa shape index (κ1) is 80.7. The van der Waals surface area contributed by atoms with Crippen molar-refractivity contribution in [1.29, 1.82) is 0 Å². The highest BCUT2D eigenvalue weighted by Gasteiger charge is 2.20. The van der Waals surface area contributed by atoms with Gasteiger partial charge in [0.1, 0.15) is 31.3 Å². The summed E-state index contributed by atoms with van der Waals surface area (Å²) in [5, 5.41) is 0. The molecule has 0 radical (unpaired) electrons. The Hall–Kier alpha value is -7.52. The topological polar surface area (TPSA) is 191 Å². The number of ether oxygens (including phenoxy) is 11. The van der Waals surface area contributed by atoms with Crippen LogP contribution >= 0.6 is 0 Å². The van der Waals surface area contributed by atoms with Crippen LogP contribution < -0.4 is 37.9 Å². The van der Waals surface area contributed by atoms with Crippen LogP contribution in [0.5, 0.6) is 46.0 Å². The van der Waals surface area contributed by atoms with Gasteiger partial charge in [-0.25, -0.2) is 38.9 Å². The van der Waals surface area contributed by atoms with Gasteiger partial charge in [0.15, 0.2) is 23.0 Å². The van der Waals surface area contributed by atoms with E-state index < -0.39 is 11.9 Å². The maximum absolute atomic E-state index is 13.5. The number of rotatable bonds is 66. The molecule has 19 nitrogen and oxygen atoms in total. The fraction of sp³-hybridized carbons (Fsp3) is 0.520. The van der Waals surface area contributed by atoms with E-state index in [2.05, 4.69) is 39.5 Å². The van der Waals surface area contributed by atoms with Crippen LogP contribution in [0, 0.1) is 0 Å². The zero-order chi connectivity index (χ0) is 67.3. The third kappa shape index (κ3) is 40.6. The molecule has 0 unspecified atom stereocenters. The van der Waals surface area contributed by atoms with E-state index in [-0.39, 0.29) is 11.5 Å². The van der Waals surface area contributed by atoms with Gasteiger partial charge in [-0.1, -0.05) is 57.2 Å². The van der Waals surface area contributed by atoms with E-state index in [1.54, 1.807) is 54.6 Å². The molecule has 522 valence electrons. The van der Waals surface area contributed by atoms with Gasteiger partial charge in [0.25, 0.3) is 0 Å². The molecule has 0 aliphatic carbocycles. The van der Waals surface area contributed by atoms with Gasteiger partial charge in [-0.05, 0) is 196 Å². The molecule has 0 spiro atoms. The van der Waals surface area contributed by atoms with Gasteiger partial charge in [0.2, 0.25) is 11.5 Å². The molecule has 0 saturated carbocycles. The Morgan fingerprint density at radius 1 is 0.287 bits per heavy atom. The predicted octanol–water partition coefficient (Wildman–Crippen LogP) is 17.4. The Balaban J connectivity index is 1.81. The maximum Gasteiger partial charge on any atom is 0.336 e. The summed E-state index contributed by atoms with van der Waals surface area (Å²) in [6.45, 7) is 28.7. The quantitative estimate of drug-likeness (QED) is 0.00757. The fourth-order valence-corrected chi connectivity index (χ4v) is 8.92. The number of hydrogen-bond donors (Lipinski definition) is 0. The zero-order valence-electron chi connectivity index (χ0n) is 56.0. The third-order valence-corrected chi connectivity index (χ3v) is 13.8. The van der Waals surface area contributed by atoms with E-state index in [4.69, 9.17) is 81.4 Å². The summed E-state index contributed by atoms with van der Waals surface area (Å²) < 4.78 is 66.2. The van der Waals surface area contributed by atoms with Gasteiger partial charge in [-0.2, -0.15) is 0 Å². The van der Waals surface area contributed by atoms with Crippen molar-refractivity contribution in [3.05, 3.63) is 148 Å². The molecule has 94 heavy (non-hydrogen) atoms. The Morgan fingerprint density at radius 3 is 0.840 bits per heavy atom. The molecule has 0 aromatic heterocycles. The van der Waals surface area contributed by atoms with Gasteiger partial charge >= 0.3 is 11.9 Å². The summed E-state index contributed by atoms with van der Waals surface area (Å²) in [6.07, 6.45) is 36.5. The van der Waals surface area contributed by atoms with E-state index in [0.717, 1.165) is 154 Å². The second-order valence-corrected chi connectivity index (χ2v) is 21.5. The highest BCUT2D eigenvalue weighted by atomic mass is 17.2. The van der Waals surface area contributed by atoms with Crippen LogP contribution in [0.4, 0.5) is 0 Å². The molecule has 0 fully saturated rings. The average molecular weight is 1310 g/mol. The molecule has 0 aliphatic heterocycles. The number of benzene rings is 3. The van der Waals surface area contributed by atoms with Crippen molar-refractivity contribution in [2.45, 2.75) is 154 Å². The lowest BCUT2D eigenvalue weighted by Gasteiger charge is -2.19. The summed E-state index contributed by atoms with van der Waals surface area (Å²) in [5.41, 5.74) is 1.21. The number of esters is 2. The Bertz CT molecular complexity index is 2540. The maximum atomic E-state index is 13.5. The average Bonchev–Trinajstić information content (AvgIpc) is 0.838. The molecule has 0 bridgehead atoms. The number of carbonyl (C=O) groups excluding carboxylic acids is 2. The second kappa shape index (κ2) is 58.1. The minimum absolute atomic E-state index is 0.236. The fourth-order valence-electron chi connectivity index (χ4n) is 8.92. The molecule has 0 heterocycles. The van der Waals surface area contributed by atoms with E-state index in [1.165, 1.54) is 30.9 Å². The summed E-state index contributed by atoms with van der Waals surface area (Å²) in [4.78, 5) is 57.7. The van der Waals surface area contributed by atoms with Crippen LogP contribution in [-0.2, 0) is 53.1 Å². The van der Waals surface area contributed by atoms with Gasteiger partial charge < -0.3 is 52.1 Å². The summed E-state index contributed by atoms with van der Waals surface area (Å²) in [7, 11) is 0. The van der Waals surface area contributed by atoms with E-state index in [1.807, 2.05) is 24.3 Å². The number of hydrogen-bond acceptors (Lipinski definition) is 19. The lowest BCUT2D eigenvalue weighted by molar-refractivity contribution is -0.286. The first-order chi connectivity index (χ1) is 46.4. The minimum atomic E-state index is -0.642. The van der Waals surface area contributed by atoms with Crippen LogP contribution in [-0.4, -0.2) is 111 Å². The SMILES string of the molecule is C=CCOOCCCCCCOc1ccc(C=CC(=O)Oc2ccc(OC(=O)C=Cc3ccc(OCCCCCCOC=C)c(OCCCCCCOC=C)c3OCCCCCCOOCC=C)cc2)c(OCCCCCCOC=C)c1OCCCCCCOOCC=C. The van der Waals surface area contributed by atoms with Crippen LogP contribution in [0.15, 0.2) is 137 Å². The molecule has 19 heteroatoms. The van der Waals surface area contributed by atoms with Crippen molar-refractivity contribution in [3.63, 3.8) is 0 Å². The molecule has 3 aromatic rings. The molecule has 0 atom stereocenters. The number of carbonyl (C=O) groups is 2. The van der Waals surface area contributed by atoms with Crippen molar-refractivity contribution in [1.82, 2.24) is 0 Å². The molecule has 3 aromatic carbocycles. The first-order valence-corrected chi connectivity index (χ1v) is 33.6. The van der Waals surface area contributed by atoms with Crippen LogP contribution in [0.3, 0.4) is 0 Å². The zero-order valence-corrected chi connectivity index (χ0v) is 56.0. The van der Waals surface area contributed by atoms with Gasteiger partial charge in [-0.3, -0.25) is 0 Å². The van der Waals surface area contributed by atoms with Crippen molar-refractivity contribution >= 4 is 24.1 Å². The van der Waals surface area contributed by atoms with Crippen molar-refractivity contribution in [2.75, 3.05) is 99.1 Å². The standard InChI is InChI=1S/C75H108O19/c1-7-49-87-90-61-34-22-19-29-56-82-69-46-38-64(72(83-57-30-17-14-26-53-79-11-5)75(69)86-60-33-21-24-36-63-92-89-51-9-3)39-47-70(76)93-66-41-43-67(44-42-66)94-71(77)48-40-65-37-45-68(81-55-28-16-13-25-52-78-10-4)74(85-59-32-18-15-27-54-80-12-6)73(65)84-58-31-20-23-35-62-91-88-50-8-2/h7-12,37-48H,1-6,13-36,49-63H2. The second-order valence-electron chi connectivity index (χ2n) is 21.5. The van der Waals surface area contributed by atoms with Crippen molar-refractivity contribution < 1.29 is 91.0 Å². The third-order valence-electron chi connectivity index (χ3n) is 13.8. The van der Waals surface area contributed by atoms with Gasteiger partial charge in [-0.15, -0.1) is 19.7 Å². The Labute approximate surface area is 560 Å². The molecule has 0 saturated heterocycles. The Kier molecular flexibility index (Phi) is 49.9. The monoisotopic (exact) mass is 1310 g/mol. The van der Waals surface area contributed by atoms with Crippen LogP contribution in [0.25, 0.3) is 12.2 Å². The molecular weight excluding hydrogens is 1200 g/mol. The normalized spacial score (nSPS) is 11.0. The summed E-state index contributed by atoms with van der Waals surface area (Å²) >= 11 is 0. The van der Waals surface area contributed by atoms with Crippen molar-refractivity contribution in [3.8, 4) is 46.0 Å². The molecule has 3 rings (SSSR count). The predicted molar refractivity (Wildman–Crippen MR) is 367 cm³/mol. The van der Waals surface area contributed by atoms with E-state index >= 15 is 0 Å². The lowest BCUT2D eigenvalue weighted by Crippen LogP contribution is -2.08. The first-order valence-electron chi connectivity index (χ1n) is 33.6. The molecule has 0 N–H and O–H groups in total. The number of unbranched alkanes of at least 4 members (excludes halogenated alkanes) is 18. The van der Waals surface area contributed by atoms with E-state index in [0.29, 0.717) is 145 Å². The van der Waals surface area contributed by atoms with Crippen LogP contribution in [0.2, 0.25) is 0 Å². The largest absolute Gasteiger partial charge is 0.502 e. The smallest absolute Gasteiger partial charge is 0.336 e. The van der Waals surface area contributed by atoms with Gasteiger partial charge in [0.05, 0.1) is 98.1 Å². The summed E-state index contributed by atoms with van der Waals surface area (Å²) in [6, 6.07) is 13.6.